The lowest BCUT2D eigenvalue weighted by Crippen LogP contribution is -2.43. The zero-order valence-electron chi connectivity index (χ0n) is 15.1. The number of carbonyl (C=O) groups excluding carboxylic acids is 1. The molecule has 2 N–H and O–H groups in total. The number of phenolic OH excluding ortho intramolecular Hbond substituents is 2. The standard InChI is InChI=1S/C22H18O6/c1-11-9-16(25)18-12(5-3-7-14(18)23)20(11)28-22(2)10-17(26)19-13(21(22)27)6-4-8-15(19)24/h3-10,23-26H,1-2H3/p-2. The van der Waals surface area contributed by atoms with E-state index in [0.717, 1.165) is 6.08 Å². The summed E-state index contributed by atoms with van der Waals surface area (Å²) >= 11 is 0. The number of aromatic hydroxyl groups is 2. The molecule has 3 aromatic rings. The van der Waals surface area contributed by atoms with E-state index in [1.165, 1.54) is 43.3 Å². The highest BCUT2D eigenvalue weighted by atomic mass is 16.5. The van der Waals surface area contributed by atoms with Gasteiger partial charge >= 0.3 is 0 Å². The molecule has 28 heavy (non-hydrogen) atoms. The molecule has 0 saturated heterocycles. The molecule has 4 rings (SSSR count). The molecule has 1 aliphatic carbocycles. The number of ketones is 1. The molecule has 0 radical (unpaired) electrons. The third-order valence-corrected chi connectivity index (χ3v) is 4.94. The van der Waals surface area contributed by atoms with Crippen LogP contribution in [0.2, 0.25) is 0 Å². The molecule has 6 nitrogen and oxygen atoms in total. The van der Waals surface area contributed by atoms with Crippen LogP contribution in [-0.2, 0) is 0 Å². The number of aryl methyl sites for hydroxylation is 1. The van der Waals surface area contributed by atoms with Crippen LogP contribution in [0.4, 0.5) is 0 Å². The Morgan fingerprint density at radius 3 is 2.50 bits per heavy atom. The van der Waals surface area contributed by atoms with Gasteiger partial charge in [0, 0.05) is 21.9 Å². The van der Waals surface area contributed by atoms with Gasteiger partial charge in [-0.3, -0.25) is 4.79 Å². The predicted octanol–water partition coefficient (Wildman–Crippen LogP) is 2.37. The molecule has 3 aromatic carbocycles. The van der Waals surface area contributed by atoms with Crippen LogP contribution in [0.25, 0.3) is 16.5 Å². The van der Waals surface area contributed by atoms with Crippen molar-refractivity contribution in [3.63, 3.8) is 0 Å². The smallest absolute Gasteiger partial charge is 0.210 e. The molecule has 142 valence electrons. The van der Waals surface area contributed by atoms with Gasteiger partial charge in [-0.05, 0) is 37.6 Å². The zero-order chi connectivity index (χ0) is 20.2. The normalized spacial score (nSPS) is 18.6. The van der Waals surface area contributed by atoms with Crippen molar-refractivity contribution in [3.8, 4) is 23.0 Å². The minimum Gasteiger partial charge on any atom is -0.872 e. The van der Waals surface area contributed by atoms with Crippen molar-refractivity contribution >= 4 is 22.3 Å². The molecule has 0 saturated carbocycles. The first-order valence-corrected chi connectivity index (χ1v) is 8.61. The van der Waals surface area contributed by atoms with Crippen molar-refractivity contribution in [1.82, 2.24) is 0 Å². The second-order valence-electron chi connectivity index (χ2n) is 6.97. The summed E-state index contributed by atoms with van der Waals surface area (Å²) in [6.45, 7) is 3.13. The Morgan fingerprint density at radius 2 is 1.75 bits per heavy atom. The molecule has 0 amide bonds. The first-order valence-electron chi connectivity index (χ1n) is 8.61. The van der Waals surface area contributed by atoms with Gasteiger partial charge in [0.2, 0.25) is 5.78 Å². The lowest BCUT2D eigenvalue weighted by Gasteiger charge is -2.35. The maximum Gasteiger partial charge on any atom is 0.210 e. The SMILES string of the molecule is Cc1cc(O)c2c([O-])cccc2c1OC1(C)C=C([O-])c2c(O)cccc2C1=O. The highest BCUT2D eigenvalue weighted by Crippen LogP contribution is 2.43. The highest BCUT2D eigenvalue weighted by Gasteiger charge is 2.39. The highest BCUT2D eigenvalue weighted by molar-refractivity contribution is 6.11. The first kappa shape index (κ1) is 17.7. The number of fused-ring (bicyclic) bond motifs is 2. The van der Waals surface area contributed by atoms with E-state index in [1.807, 2.05) is 0 Å². The second-order valence-corrected chi connectivity index (χ2v) is 6.97. The third-order valence-electron chi connectivity index (χ3n) is 4.94. The van der Waals surface area contributed by atoms with Gasteiger partial charge in [0.25, 0.3) is 0 Å². The number of ether oxygens (including phenoxy) is 1. The summed E-state index contributed by atoms with van der Waals surface area (Å²) in [6.07, 6.45) is 1.12. The summed E-state index contributed by atoms with van der Waals surface area (Å²) in [4.78, 5) is 13.1. The number of rotatable bonds is 2. The molecule has 1 aliphatic rings. The maximum atomic E-state index is 13.1. The molecule has 0 spiro atoms. The summed E-state index contributed by atoms with van der Waals surface area (Å²) in [5, 5.41) is 45.3. The van der Waals surface area contributed by atoms with E-state index in [2.05, 4.69) is 0 Å². The quantitative estimate of drug-likeness (QED) is 0.710. The van der Waals surface area contributed by atoms with Crippen LogP contribution in [0.1, 0.15) is 28.4 Å². The minimum atomic E-state index is -1.63. The molecule has 1 unspecified atom stereocenters. The van der Waals surface area contributed by atoms with Gasteiger partial charge in [-0.1, -0.05) is 41.8 Å². The molecular formula is C22H16O6-2. The fourth-order valence-corrected chi connectivity index (χ4v) is 3.61. The summed E-state index contributed by atoms with van der Waals surface area (Å²) in [7, 11) is 0. The Bertz CT molecular complexity index is 1180. The van der Waals surface area contributed by atoms with E-state index in [4.69, 9.17) is 4.74 Å². The van der Waals surface area contributed by atoms with Crippen molar-refractivity contribution in [2.75, 3.05) is 0 Å². The average molecular weight is 376 g/mol. The summed E-state index contributed by atoms with van der Waals surface area (Å²) in [6, 6.07) is 10.1. The largest absolute Gasteiger partial charge is 0.872 e. The summed E-state index contributed by atoms with van der Waals surface area (Å²) in [5.74, 6) is -1.61. The molecular weight excluding hydrogens is 360 g/mol. The van der Waals surface area contributed by atoms with Crippen LogP contribution in [0, 0.1) is 6.92 Å². The molecule has 0 bridgehead atoms. The molecule has 0 heterocycles. The van der Waals surface area contributed by atoms with E-state index in [1.54, 1.807) is 13.0 Å². The fraction of sp³-hybridized carbons (Fsp3) is 0.136. The lowest BCUT2D eigenvalue weighted by atomic mass is 9.84. The number of hydrogen-bond donors (Lipinski definition) is 2. The van der Waals surface area contributed by atoms with E-state index in [9.17, 15) is 25.2 Å². The van der Waals surface area contributed by atoms with Gasteiger partial charge in [-0.15, -0.1) is 0 Å². The van der Waals surface area contributed by atoms with Gasteiger partial charge < -0.3 is 25.2 Å². The van der Waals surface area contributed by atoms with Gasteiger partial charge in [0.1, 0.15) is 17.2 Å². The van der Waals surface area contributed by atoms with Crippen LogP contribution >= 0.6 is 0 Å². The Kier molecular flexibility index (Phi) is 3.75. The Morgan fingerprint density at radius 1 is 1.04 bits per heavy atom. The van der Waals surface area contributed by atoms with Crippen LogP contribution in [0.3, 0.4) is 0 Å². The van der Waals surface area contributed by atoms with Crippen LogP contribution < -0.4 is 14.9 Å². The first-order chi connectivity index (χ1) is 13.2. The molecule has 0 aliphatic heterocycles. The predicted molar refractivity (Wildman–Crippen MR) is 99.2 cm³/mol. The lowest BCUT2D eigenvalue weighted by molar-refractivity contribution is -0.265. The van der Waals surface area contributed by atoms with Crippen LogP contribution in [-0.4, -0.2) is 21.6 Å². The minimum absolute atomic E-state index is 0.0531. The molecule has 0 aromatic heterocycles. The van der Waals surface area contributed by atoms with E-state index < -0.39 is 17.1 Å². The Balaban J connectivity index is 1.90. The molecule has 6 heteroatoms. The van der Waals surface area contributed by atoms with E-state index >= 15 is 0 Å². The fourth-order valence-electron chi connectivity index (χ4n) is 3.61. The van der Waals surface area contributed by atoms with Crippen LogP contribution in [0.15, 0.2) is 48.5 Å². The van der Waals surface area contributed by atoms with Crippen molar-refractivity contribution in [3.05, 3.63) is 65.2 Å². The molecule has 1 atom stereocenters. The summed E-state index contributed by atoms with van der Waals surface area (Å²) in [5.41, 5.74) is -1.11. The van der Waals surface area contributed by atoms with Crippen molar-refractivity contribution < 1.29 is 30.0 Å². The van der Waals surface area contributed by atoms with Crippen molar-refractivity contribution in [2.45, 2.75) is 19.4 Å². The van der Waals surface area contributed by atoms with Crippen molar-refractivity contribution in [2.24, 2.45) is 0 Å². The molecule has 0 fully saturated rings. The average Bonchev–Trinajstić information content (AvgIpc) is 2.63. The third kappa shape index (κ3) is 2.45. The number of carbonyl (C=O) groups is 1. The number of benzene rings is 3. The van der Waals surface area contributed by atoms with Gasteiger partial charge in [-0.25, -0.2) is 0 Å². The monoisotopic (exact) mass is 376 g/mol. The number of hydrogen-bond acceptors (Lipinski definition) is 6. The van der Waals surface area contributed by atoms with Crippen molar-refractivity contribution in [1.29, 1.82) is 0 Å². The topological polar surface area (TPSA) is 113 Å². The van der Waals surface area contributed by atoms with Gasteiger partial charge in [0.05, 0.1) is 0 Å². The van der Waals surface area contributed by atoms with Gasteiger partial charge in [0.15, 0.2) is 5.60 Å². The summed E-state index contributed by atoms with van der Waals surface area (Å²) < 4.78 is 6.02. The Hall–Kier alpha value is -3.67. The maximum absolute atomic E-state index is 13.1. The second kappa shape index (κ2) is 5.92. The van der Waals surface area contributed by atoms with E-state index in [0.29, 0.717) is 10.9 Å². The van der Waals surface area contributed by atoms with Gasteiger partial charge in [-0.2, -0.15) is 0 Å². The van der Waals surface area contributed by atoms with E-state index in [-0.39, 0.29) is 39.5 Å². The number of phenols is 2. The number of Topliss-reactive ketones (excluding diaryl/α,β-unsaturated/α-hetero) is 1. The zero-order valence-corrected chi connectivity index (χ0v) is 15.1. The van der Waals surface area contributed by atoms with Crippen LogP contribution in [0.5, 0.6) is 23.0 Å². The Labute approximate surface area is 160 Å².